The van der Waals surface area contributed by atoms with Gasteiger partial charge in [-0.1, -0.05) is 12.5 Å². The maximum Gasteiger partial charge on any atom is 0.265 e. The molecule has 1 amide bonds. The minimum Gasteiger partial charge on any atom is -0.378 e. The van der Waals surface area contributed by atoms with Crippen LogP contribution in [0.1, 0.15) is 43.5 Å². The summed E-state index contributed by atoms with van der Waals surface area (Å²) < 4.78 is 0. The second-order valence-corrected chi connectivity index (χ2v) is 5.92. The maximum atomic E-state index is 12.4. The van der Waals surface area contributed by atoms with Crippen LogP contribution >= 0.6 is 0 Å². The molecule has 2 atom stereocenters. The third-order valence-electron chi connectivity index (χ3n) is 4.05. The van der Waals surface area contributed by atoms with Gasteiger partial charge in [0.2, 0.25) is 0 Å². The standard InChI is InChI=1S/C16H25N3O/c1-12-7-5-8-13(2)19(12)17-16(20)14-9-6-10-15(11-14)18(3)4/h6,9-13H,5,7-8H2,1-4H3,(H,17,20)/t12-,13+. The summed E-state index contributed by atoms with van der Waals surface area (Å²) in [6.07, 6.45) is 3.52. The van der Waals surface area contributed by atoms with Crippen LogP contribution in [-0.2, 0) is 0 Å². The number of hydrogen-bond donors (Lipinski definition) is 1. The van der Waals surface area contributed by atoms with E-state index in [1.807, 2.05) is 43.3 Å². The van der Waals surface area contributed by atoms with E-state index in [0.717, 1.165) is 18.5 Å². The van der Waals surface area contributed by atoms with Crippen molar-refractivity contribution in [3.8, 4) is 0 Å². The Hall–Kier alpha value is -1.55. The molecule has 4 nitrogen and oxygen atoms in total. The number of anilines is 1. The summed E-state index contributed by atoms with van der Waals surface area (Å²) >= 11 is 0. The van der Waals surface area contributed by atoms with E-state index >= 15 is 0 Å². The van der Waals surface area contributed by atoms with E-state index in [1.165, 1.54) is 6.42 Å². The number of benzene rings is 1. The summed E-state index contributed by atoms with van der Waals surface area (Å²) in [5, 5.41) is 2.11. The van der Waals surface area contributed by atoms with Crippen LogP contribution in [0, 0.1) is 0 Å². The maximum absolute atomic E-state index is 12.4. The first-order chi connectivity index (χ1) is 9.49. The van der Waals surface area contributed by atoms with E-state index in [9.17, 15) is 4.79 Å². The summed E-state index contributed by atoms with van der Waals surface area (Å²) in [5.41, 5.74) is 4.83. The monoisotopic (exact) mass is 275 g/mol. The molecular weight excluding hydrogens is 250 g/mol. The number of carbonyl (C=O) groups is 1. The molecule has 1 aromatic rings. The number of piperidine rings is 1. The number of nitrogens with zero attached hydrogens (tertiary/aromatic N) is 2. The van der Waals surface area contributed by atoms with Crippen LogP contribution in [0.2, 0.25) is 0 Å². The Morgan fingerprint density at radius 3 is 2.50 bits per heavy atom. The van der Waals surface area contributed by atoms with Crippen LogP contribution in [-0.4, -0.2) is 37.1 Å². The molecule has 20 heavy (non-hydrogen) atoms. The van der Waals surface area contributed by atoms with Crippen molar-refractivity contribution in [1.82, 2.24) is 10.4 Å². The predicted molar refractivity (Wildman–Crippen MR) is 82.8 cm³/mol. The van der Waals surface area contributed by atoms with E-state index in [1.54, 1.807) is 0 Å². The zero-order chi connectivity index (χ0) is 14.7. The van der Waals surface area contributed by atoms with E-state index in [4.69, 9.17) is 0 Å². The molecule has 0 unspecified atom stereocenters. The molecule has 1 aliphatic heterocycles. The molecule has 4 heteroatoms. The van der Waals surface area contributed by atoms with Crippen LogP contribution < -0.4 is 10.3 Å². The van der Waals surface area contributed by atoms with Gasteiger partial charge in [0.15, 0.2) is 0 Å². The van der Waals surface area contributed by atoms with Gasteiger partial charge in [0.1, 0.15) is 0 Å². The average molecular weight is 275 g/mol. The lowest BCUT2D eigenvalue weighted by Gasteiger charge is -2.38. The quantitative estimate of drug-likeness (QED) is 0.921. The minimum atomic E-state index is -0.0192. The van der Waals surface area contributed by atoms with Gasteiger partial charge < -0.3 is 4.90 Å². The highest BCUT2D eigenvalue weighted by molar-refractivity contribution is 5.94. The number of amides is 1. The lowest BCUT2D eigenvalue weighted by molar-refractivity contribution is 0.0370. The molecule has 0 saturated carbocycles. The Kier molecular flexibility index (Phi) is 4.65. The van der Waals surface area contributed by atoms with Crippen molar-refractivity contribution in [1.29, 1.82) is 0 Å². The second kappa shape index (κ2) is 6.27. The molecule has 1 saturated heterocycles. The highest BCUT2D eigenvalue weighted by atomic mass is 16.2. The molecule has 0 bridgehead atoms. The van der Waals surface area contributed by atoms with Crippen molar-refractivity contribution < 1.29 is 4.79 Å². The topological polar surface area (TPSA) is 35.6 Å². The molecule has 110 valence electrons. The van der Waals surface area contributed by atoms with Gasteiger partial charge in [0, 0.05) is 37.4 Å². The third kappa shape index (κ3) is 3.31. The van der Waals surface area contributed by atoms with Crippen molar-refractivity contribution in [3.05, 3.63) is 29.8 Å². The molecule has 1 aromatic carbocycles. The van der Waals surface area contributed by atoms with Gasteiger partial charge in [-0.25, -0.2) is 5.01 Å². The fourth-order valence-electron chi connectivity index (χ4n) is 2.75. The van der Waals surface area contributed by atoms with E-state index in [2.05, 4.69) is 24.3 Å². The van der Waals surface area contributed by atoms with E-state index in [-0.39, 0.29) is 5.91 Å². The molecule has 0 spiro atoms. The van der Waals surface area contributed by atoms with Crippen LogP contribution in [0.15, 0.2) is 24.3 Å². The number of hydrogen-bond acceptors (Lipinski definition) is 3. The van der Waals surface area contributed by atoms with Crippen LogP contribution in [0.4, 0.5) is 5.69 Å². The molecular formula is C16H25N3O. The van der Waals surface area contributed by atoms with Crippen molar-refractivity contribution in [2.45, 2.75) is 45.2 Å². The van der Waals surface area contributed by atoms with E-state index in [0.29, 0.717) is 17.6 Å². The van der Waals surface area contributed by atoms with Gasteiger partial charge in [-0.3, -0.25) is 10.2 Å². The Morgan fingerprint density at radius 2 is 1.90 bits per heavy atom. The first-order valence-corrected chi connectivity index (χ1v) is 7.35. The summed E-state index contributed by atoms with van der Waals surface area (Å²) in [7, 11) is 3.96. The highest BCUT2D eigenvalue weighted by Crippen LogP contribution is 2.21. The van der Waals surface area contributed by atoms with Crippen LogP contribution in [0.3, 0.4) is 0 Å². The number of hydrazine groups is 1. The van der Waals surface area contributed by atoms with Crippen molar-refractivity contribution in [2.24, 2.45) is 0 Å². The Labute approximate surface area is 121 Å². The van der Waals surface area contributed by atoms with Gasteiger partial charge in [-0.05, 0) is 44.9 Å². The Morgan fingerprint density at radius 1 is 1.25 bits per heavy atom. The lowest BCUT2D eigenvalue weighted by Crippen LogP contribution is -2.54. The van der Waals surface area contributed by atoms with Gasteiger partial charge in [0.05, 0.1) is 0 Å². The highest BCUT2D eigenvalue weighted by Gasteiger charge is 2.26. The second-order valence-electron chi connectivity index (χ2n) is 5.92. The summed E-state index contributed by atoms with van der Waals surface area (Å²) in [4.78, 5) is 14.4. The zero-order valence-corrected chi connectivity index (χ0v) is 12.9. The lowest BCUT2D eigenvalue weighted by atomic mass is 10.00. The van der Waals surface area contributed by atoms with Crippen molar-refractivity contribution >= 4 is 11.6 Å². The zero-order valence-electron chi connectivity index (χ0n) is 12.9. The number of rotatable bonds is 3. The molecule has 0 aliphatic carbocycles. The van der Waals surface area contributed by atoms with Gasteiger partial charge >= 0.3 is 0 Å². The molecule has 0 radical (unpaired) electrons. The normalized spacial score (nSPS) is 23.4. The van der Waals surface area contributed by atoms with E-state index < -0.39 is 0 Å². The largest absolute Gasteiger partial charge is 0.378 e. The van der Waals surface area contributed by atoms with Gasteiger partial charge in [-0.2, -0.15) is 0 Å². The molecule has 1 heterocycles. The first kappa shape index (κ1) is 14.9. The average Bonchev–Trinajstić information content (AvgIpc) is 2.43. The number of nitrogens with one attached hydrogen (secondary N) is 1. The minimum absolute atomic E-state index is 0.0192. The van der Waals surface area contributed by atoms with Crippen molar-refractivity contribution in [3.63, 3.8) is 0 Å². The van der Waals surface area contributed by atoms with Crippen LogP contribution in [0.5, 0.6) is 0 Å². The fourth-order valence-corrected chi connectivity index (χ4v) is 2.75. The van der Waals surface area contributed by atoms with Gasteiger partial charge in [-0.15, -0.1) is 0 Å². The SMILES string of the molecule is C[C@@H]1CCC[C@H](C)N1NC(=O)c1cccc(N(C)C)c1. The van der Waals surface area contributed by atoms with Crippen molar-refractivity contribution in [2.75, 3.05) is 19.0 Å². The fraction of sp³-hybridized carbons (Fsp3) is 0.562. The Balaban J connectivity index is 2.09. The summed E-state index contributed by atoms with van der Waals surface area (Å²) in [5.74, 6) is -0.0192. The predicted octanol–water partition coefficient (Wildman–Crippen LogP) is 2.66. The summed E-state index contributed by atoms with van der Waals surface area (Å²) in [6, 6.07) is 8.52. The summed E-state index contributed by atoms with van der Waals surface area (Å²) in [6.45, 7) is 4.35. The molecule has 2 rings (SSSR count). The number of carbonyl (C=O) groups excluding carboxylic acids is 1. The molecule has 1 aliphatic rings. The molecule has 0 aromatic heterocycles. The van der Waals surface area contributed by atoms with Gasteiger partial charge in [0.25, 0.3) is 5.91 Å². The first-order valence-electron chi connectivity index (χ1n) is 7.35. The smallest absolute Gasteiger partial charge is 0.265 e. The Bertz CT molecular complexity index is 463. The molecule has 1 fully saturated rings. The third-order valence-corrected chi connectivity index (χ3v) is 4.05. The van der Waals surface area contributed by atoms with Crippen LogP contribution in [0.25, 0.3) is 0 Å². The molecule has 1 N–H and O–H groups in total.